The molecule has 15 nitrogen and oxygen atoms in total. The van der Waals surface area contributed by atoms with Gasteiger partial charge in [-0.2, -0.15) is 0 Å². The first-order valence-electron chi connectivity index (χ1n) is 18.0. The van der Waals surface area contributed by atoms with Crippen LogP contribution in [-0.4, -0.2) is 137 Å². The number of carbonyl (C=O) groups excluding carboxylic acids is 3. The van der Waals surface area contributed by atoms with Gasteiger partial charge in [0.15, 0.2) is 11.5 Å². The average Bonchev–Trinajstić information content (AvgIpc) is 3.16. The lowest BCUT2D eigenvalue weighted by atomic mass is 10.1. The zero-order valence-electron chi connectivity index (χ0n) is 32.4. The van der Waals surface area contributed by atoms with Crippen LogP contribution in [0.1, 0.15) is 20.8 Å². The molecule has 0 saturated heterocycles. The van der Waals surface area contributed by atoms with Crippen molar-refractivity contribution in [1.82, 2.24) is 0 Å². The molecule has 0 bridgehead atoms. The van der Waals surface area contributed by atoms with Crippen molar-refractivity contribution >= 4 is 28.7 Å². The zero-order valence-corrected chi connectivity index (χ0v) is 32.4. The second kappa shape index (κ2) is 28.9. The first kappa shape index (κ1) is 46.6. The third kappa shape index (κ3) is 20.7. The Balaban J connectivity index is 1.87. The van der Waals surface area contributed by atoms with Gasteiger partial charge in [-0.25, -0.2) is 14.4 Å². The Morgan fingerprint density at radius 3 is 1.11 bits per heavy atom. The normalized spacial score (nSPS) is 10.8. The van der Waals surface area contributed by atoms with Crippen LogP contribution in [0.4, 0.5) is 0 Å². The molecular formula is C40H56O15. The van der Waals surface area contributed by atoms with Crippen molar-refractivity contribution in [3.63, 3.8) is 0 Å². The minimum atomic E-state index is -0.454. The van der Waals surface area contributed by atoms with Gasteiger partial charge in [0.1, 0.15) is 45.4 Å². The predicted octanol–water partition coefficient (Wildman–Crippen LogP) is 4.43. The molecule has 0 amide bonds. The Bertz CT molecular complexity index is 1490. The van der Waals surface area contributed by atoms with Crippen molar-refractivity contribution in [2.24, 2.45) is 0 Å². The zero-order chi connectivity index (χ0) is 40.1. The fourth-order valence-corrected chi connectivity index (χ4v) is 4.21. The summed E-state index contributed by atoms with van der Waals surface area (Å²) >= 11 is 0. The van der Waals surface area contributed by atoms with E-state index in [4.69, 9.17) is 56.8 Å². The molecule has 306 valence electrons. The number of benzene rings is 2. The van der Waals surface area contributed by atoms with Crippen LogP contribution in [-0.2, 0) is 57.0 Å². The second-order valence-corrected chi connectivity index (χ2v) is 11.7. The number of ether oxygens (including phenoxy) is 12. The van der Waals surface area contributed by atoms with Gasteiger partial charge in [-0.1, -0.05) is 44.0 Å². The van der Waals surface area contributed by atoms with E-state index in [0.29, 0.717) is 80.2 Å². The number of carbonyl (C=O) groups is 3. The summed E-state index contributed by atoms with van der Waals surface area (Å²) < 4.78 is 66.7. The van der Waals surface area contributed by atoms with E-state index in [9.17, 15) is 14.4 Å². The van der Waals surface area contributed by atoms with E-state index in [2.05, 4.69) is 19.7 Å². The van der Waals surface area contributed by atoms with Gasteiger partial charge in [-0.15, -0.1) is 0 Å². The van der Waals surface area contributed by atoms with Crippen LogP contribution in [0.2, 0.25) is 0 Å². The Morgan fingerprint density at radius 1 is 0.418 bits per heavy atom. The Hall–Kier alpha value is -4.51. The lowest BCUT2D eigenvalue weighted by molar-refractivity contribution is -0.141. The van der Waals surface area contributed by atoms with Crippen LogP contribution in [0.25, 0.3) is 10.8 Å². The molecule has 0 heterocycles. The minimum Gasteiger partial charge on any atom is -0.490 e. The van der Waals surface area contributed by atoms with Crippen LogP contribution in [0.15, 0.2) is 66.8 Å². The fourth-order valence-electron chi connectivity index (χ4n) is 4.21. The van der Waals surface area contributed by atoms with Crippen molar-refractivity contribution in [3.8, 4) is 17.2 Å². The van der Waals surface area contributed by atoms with Gasteiger partial charge in [-0.3, -0.25) is 0 Å². The number of esters is 3. The molecule has 15 heteroatoms. The van der Waals surface area contributed by atoms with Gasteiger partial charge in [0, 0.05) is 33.6 Å². The molecule has 2 rings (SSSR count). The summed E-state index contributed by atoms with van der Waals surface area (Å²) in [6.45, 7) is 20.1. The van der Waals surface area contributed by atoms with E-state index >= 15 is 0 Å². The average molecular weight is 777 g/mol. The van der Waals surface area contributed by atoms with Crippen molar-refractivity contribution < 1.29 is 71.2 Å². The molecule has 2 aromatic rings. The highest BCUT2D eigenvalue weighted by atomic mass is 16.6. The highest BCUT2D eigenvalue weighted by Gasteiger charge is 2.16. The third-order valence-corrected chi connectivity index (χ3v) is 6.91. The van der Waals surface area contributed by atoms with Crippen molar-refractivity contribution in [2.75, 3.05) is 119 Å². The molecule has 0 radical (unpaired) electrons. The number of hydrogen-bond acceptors (Lipinski definition) is 15. The number of hydrogen-bond donors (Lipinski definition) is 0. The van der Waals surface area contributed by atoms with E-state index in [1.54, 1.807) is 26.8 Å². The molecule has 0 saturated carbocycles. The van der Waals surface area contributed by atoms with E-state index in [1.165, 1.54) is 0 Å². The first-order chi connectivity index (χ1) is 26.6. The van der Waals surface area contributed by atoms with Gasteiger partial charge >= 0.3 is 17.9 Å². The van der Waals surface area contributed by atoms with E-state index in [-0.39, 0.29) is 72.7 Å². The van der Waals surface area contributed by atoms with E-state index in [1.807, 2.05) is 24.3 Å². The lowest BCUT2D eigenvalue weighted by Gasteiger charge is -2.18. The molecular weight excluding hydrogens is 720 g/mol. The summed E-state index contributed by atoms with van der Waals surface area (Å²) in [4.78, 5) is 34.3. The van der Waals surface area contributed by atoms with Gasteiger partial charge in [-0.05, 0) is 20.8 Å². The Morgan fingerprint density at radius 2 is 0.727 bits per heavy atom. The molecule has 0 atom stereocenters. The molecule has 0 fully saturated rings. The molecule has 0 unspecified atom stereocenters. The van der Waals surface area contributed by atoms with Crippen LogP contribution in [0, 0.1) is 0 Å². The lowest BCUT2D eigenvalue weighted by Crippen LogP contribution is -2.16. The Kier molecular flexibility index (Phi) is 24.5. The van der Waals surface area contributed by atoms with Crippen LogP contribution < -0.4 is 14.2 Å². The third-order valence-electron chi connectivity index (χ3n) is 6.91. The molecule has 0 aliphatic carbocycles. The van der Waals surface area contributed by atoms with Gasteiger partial charge in [0.2, 0.25) is 0 Å². The van der Waals surface area contributed by atoms with Gasteiger partial charge < -0.3 is 56.8 Å². The number of fused-ring (bicyclic) bond motifs is 1. The van der Waals surface area contributed by atoms with Crippen LogP contribution in [0.3, 0.4) is 0 Å². The smallest absolute Gasteiger partial charge is 0.333 e. The minimum absolute atomic E-state index is 0.133. The summed E-state index contributed by atoms with van der Waals surface area (Å²) in [6.07, 6.45) is 0. The quantitative estimate of drug-likeness (QED) is 0.0433. The monoisotopic (exact) mass is 776 g/mol. The highest BCUT2D eigenvalue weighted by Crippen LogP contribution is 2.41. The maximum Gasteiger partial charge on any atom is 0.333 e. The summed E-state index contributed by atoms with van der Waals surface area (Å²) in [5, 5.41) is 1.60. The van der Waals surface area contributed by atoms with Crippen molar-refractivity contribution in [3.05, 3.63) is 66.8 Å². The van der Waals surface area contributed by atoms with Gasteiger partial charge in [0.05, 0.1) is 79.3 Å². The highest BCUT2D eigenvalue weighted by molar-refractivity contribution is 5.95. The second-order valence-electron chi connectivity index (χ2n) is 11.7. The molecule has 0 spiro atoms. The maximum atomic E-state index is 11.4. The van der Waals surface area contributed by atoms with E-state index in [0.717, 1.165) is 10.8 Å². The molecule has 2 aromatic carbocycles. The topological polar surface area (TPSA) is 162 Å². The molecule has 0 aromatic heterocycles. The summed E-state index contributed by atoms with van der Waals surface area (Å²) in [5.74, 6) is 0.215. The van der Waals surface area contributed by atoms with E-state index < -0.39 is 17.9 Å². The summed E-state index contributed by atoms with van der Waals surface area (Å²) in [7, 11) is 0. The standard InChI is InChI=1S/C40H56O15/c1-30(2)38(41)53-26-20-47-14-11-44-17-23-50-35-29-36(51-24-18-45-12-15-48-21-27-54-39(42)31(3)4)37(34-10-8-7-9-33(34)35)52-25-19-46-13-16-49-22-28-55-40(43)32(5)6/h7-10,29H,1,3,5,11-28H2,2,4,6H3. The summed E-state index contributed by atoms with van der Waals surface area (Å²) in [6, 6.07) is 9.43. The van der Waals surface area contributed by atoms with Crippen molar-refractivity contribution in [1.29, 1.82) is 0 Å². The van der Waals surface area contributed by atoms with Crippen molar-refractivity contribution in [2.45, 2.75) is 20.8 Å². The fraction of sp³-hybridized carbons (Fsp3) is 0.525. The molecule has 55 heavy (non-hydrogen) atoms. The van der Waals surface area contributed by atoms with Crippen LogP contribution >= 0.6 is 0 Å². The van der Waals surface area contributed by atoms with Crippen LogP contribution in [0.5, 0.6) is 17.2 Å². The molecule has 0 aliphatic rings. The molecule has 0 aliphatic heterocycles. The predicted molar refractivity (Wildman–Crippen MR) is 203 cm³/mol. The summed E-state index contributed by atoms with van der Waals surface area (Å²) in [5.41, 5.74) is 1.00. The Labute approximate surface area is 323 Å². The SMILES string of the molecule is C=C(C)C(=O)OCCOCCOCCOc1cc(OCCOCCOCCOC(=O)C(=C)C)c2ccccc2c1OCCOCCOCCOC(=O)C(=C)C. The first-order valence-corrected chi connectivity index (χ1v) is 18.0. The number of rotatable bonds is 33. The van der Waals surface area contributed by atoms with Gasteiger partial charge in [0.25, 0.3) is 0 Å². The molecule has 0 N–H and O–H groups in total. The largest absolute Gasteiger partial charge is 0.490 e. The maximum absolute atomic E-state index is 11.4.